The lowest BCUT2D eigenvalue weighted by Crippen LogP contribution is -2.40. The van der Waals surface area contributed by atoms with E-state index in [9.17, 15) is 4.79 Å². The Kier molecular flexibility index (Phi) is 8.26. The van der Waals surface area contributed by atoms with Gasteiger partial charge in [-0.25, -0.2) is 0 Å². The van der Waals surface area contributed by atoms with E-state index in [0.717, 1.165) is 6.42 Å². The first-order valence-corrected chi connectivity index (χ1v) is 7.23. The molecule has 0 aliphatic carbocycles. The molecule has 0 aromatic rings. The van der Waals surface area contributed by atoms with Gasteiger partial charge in [-0.1, -0.05) is 27.7 Å². The molecule has 0 aromatic heterocycles. The minimum absolute atomic E-state index is 0.0315. The maximum atomic E-state index is 11.9. The molecule has 0 aromatic carbocycles. The van der Waals surface area contributed by atoms with E-state index in [0.29, 0.717) is 32.0 Å². The third kappa shape index (κ3) is 9.00. The van der Waals surface area contributed by atoms with Gasteiger partial charge in [-0.15, -0.1) is 0 Å². The van der Waals surface area contributed by atoms with Crippen LogP contribution in [0.3, 0.4) is 0 Å². The van der Waals surface area contributed by atoms with Crippen molar-refractivity contribution in [3.8, 4) is 0 Å². The first kappa shape index (κ1) is 18.4. The lowest BCUT2D eigenvalue weighted by molar-refractivity contribution is -0.132. The van der Waals surface area contributed by atoms with Crippen molar-refractivity contribution in [2.45, 2.75) is 53.6 Å². The number of carbonyl (C=O) groups is 1. The molecule has 0 heterocycles. The van der Waals surface area contributed by atoms with Crippen LogP contribution < -0.4 is 5.73 Å². The lowest BCUT2D eigenvalue weighted by Gasteiger charge is -2.29. The Morgan fingerprint density at radius 1 is 1.32 bits per heavy atom. The quantitative estimate of drug-likeness (QED) is 0.700. The Bertz CT molecular complexity index is 265. The monoisotopic (exact) mass is 272 g/mol. The largest absolute Gasteiger partial charge is 0.378 e. The molecule has 0 bridgehead atoms. The van der Waals surface area contributed by atoms with Crippen LogP contribution in [-0.4, -0.2) is 43.7 Å². The molecule has 0 saturated carbocycles. The van der Waals surface area contributed by atoms with E-state index in [-0.39, 0.29) is 17.4 Å². The molecule has 0 radical (unpaired) electrons. The Hall–Kier alpha value is -0.610. The number of hydrogen-bond acceptors (Lipinski definition) is 3. The number of amides is 1. The van der Waals surface area contributed by atoms with Crippen molar-refractivity contribution in [1.82, 2.24) is 4.90 Å². The van der Waals surface area contributed by atoms with Crippen LogP contribution >= 0.6 is 0 Å². The fourth-order valence-corrected chi connectivity index (χ4v) is 2.06. The molecule has 114 valence electrons. The van der Waals surface area contributed by atoms with Crippen LogP contribution in [0, 0.1) is 11.3 Å². The number of carbonyl (C=O) groups excluding carboxylic acids is 1. The highest BCUT2D eigenvalue weighted by Gasteiger charge is 2.21. The number of ether oxygens (including phenoxy) is 1. The first-order chi connectivity index (χ1) is 8.68. The fraction of sp³-hybridized carbons (Fsp3) is 0.933. The summed E-state index contributed by atoms with van der Waals surface area (Å²) in [6.07, 6.45) is 1.70. The van der Waals surface area contributed by atoms with Crippen LogP contribution in [-0.2, 0) is 9.53 Å². The molecule has 2 N–H and O–H groups in total. The van der Waals surface area contributed by atoms with Crippen molar-refractivity contribution in [2.24, 2.45) is 17.1 Å². The summed E-state index contributed by atoms with van der Waals surface area (Å²) in [6, 6.07) is 0. The molecule has 4 heteroatoms. The van der Waals surface area contributed by atoms with Crippen molar-refractivity contribution < 1.29 is 9.53 Å². The summed E-state index contributed by atoms with van der Waals surface area (Å²) in [5.41, 5.74) is 5.65. The zero-order valence-corrected chi connectivity index (χ0v) is 13.5. The van der Waals surface area contributed by atoms with Gasteiger partial charge in [-0.05, 0) is 31.2 Å². The van der Waals surface area contributed by atoms with Gasteiger partial charge in [0.05, 0.1) is 19.1 Å². The fourth-order valence-electron chi connectivity index (χ4n) is 2.06. The van der Waals surface area contributed by atoms with Crippen molar-refractivity contribution in [3.05, 3.63) is 0 Å². The smallest absolute Gasteiger partial charge is 0.224 e. The van der Waals surface area contributed by atoms with Gasteiger partial charge in [0.1, 0.15) is 0 Å². The van der Waals surface area contributed by atoms with Crippen molar-refractivity contribution in [2.75, 3.05) is 26.7 Å². The van der Waals surface area contributed by atoms with Crippen LogP contribution in [0.25, 0.3) is 0 Å². The van der Waals surface area contributed by atoms with E-state index >= 15 is 0 Å². The van der Waals surface area contributed by atoms with Gasteiger partial charge in [-0.3, -0.25) is 4.79 Å². The van der Waals surface area contributed by atoms with Crippen LogP contribution in [0.1, 0.15) is 47.5 Å². The third-order valence-corrected chi connectivity index (χ3v) is 3.17. The minimum Gasteiger partial charge on any atom is -0.378 e. The molecule has 19 heavy (non-hydrogen) atoms. The topological polar surface area (TPSA) is 55.6 Å². The average molecular weight is 272 g/mol. The number of nitrogens with zero attached hydrogens (tertiary/aromatic N) is 1. The average Bonchev–Trinajstić information content (AvgIpc) is 2.27. The van der Waals surface area contributed by atoms with E-state index in [4.69, 9.17) is 10.5 Å². The molecule has 1 unspecified atom stereocenters. The van der Waals surface area contributed by atoms with Crippen LogP contribution in [0.15, 0.2) is 0 Å². The SMILES string of the molecule is CC(C)CC(C)OCCC(=O)N(C)CC(C)(C)CN. The van der Waals surface area contributed by atoms with E-state index in [1.54, 1.807) is 4.90 Å². The predicted molar refractivity (Wildman–Crippen MR) is 80.0 cm³/mol. The summed E-state index contributed by atoms with van der Waals surface area (Å²) < 4.78 is 5.66. The van der Waals surface area contributed by atoms with Crippen molar-refractivity contribution >= 4 is 5.91 Å². The molecule has 0 rings (SSSR count). The summed E-state index contributed by atoms with van der Waals surface area (Å²) in [6.45, 7) is 12.3. The third-order valence-electron chi connectivity index (χ3n) is 3.17. The Morgan fingerprint density at radius 2 is 1.89 bits per heavy atom. The molecular weight excluding hydrogens is 240 g/mol. The summed E-state index contributed by atoms with van der Waals surface area (Å²) in [7, 11) is 1.83. The van der Waals surface area contributed by atoms with Crippen molar-refractivity contribution in [3.63, 3.8) is 0 Å². The van der Waals surface area contributed by atoms with E-state index in [1.165, 1.54) is 0 Å². The second-order valence-corrected chi connectivity index (χ2v) is 6.68. The van der Waals surface area contributed by atoms with Gasteiger partial charge in [0.25, 0.3) is 0 Å². The van der Waals surface area contributed by atoms with Crippen molar-refractivity contribution in [1.29, 1.82) is 0 Å². The number of hydrogen-bond donors (Lipinski definition) is 1. The summed E-state index contributed by atoms with van der Waals surface area (Å²) in [5, 5.41) is 0. The van der Waals surface area contributed by atoms with E-state index < -0.39 is 0 Å². The maximum Gasteiger partial charge on any atom is 0.224 e. The molecule has 0 spiro atoms. The molecular formula is C15H32N2O2. The second-order valence-electron chi connectivity index (χ2n) is 6.68. The Labute approximate surface area is 118 Å². The highest BCUT2D eigenvalue weighted by Crippen LogP contribution is 2.14. The molecule has 1 amide bonds. The van der Waals surface area contributed by atoms with Gasteiger partial charge < -0.3 is 15.4 Å². The highest BCUT2D eigenvalue weighted by molar-refractivity contribution is 5.76. The Balaban J connectivity index is 3.92. The van der Waals surface area contributed by atoms with Crippen LogP contribution in [0.5, 0.6) is 0 Å². The van der Waals surface area contributed by atoms with Crippen LogP contribution in [0.2, 0.25) is 0 Å². The molecule has 4 nitrogen and oxygen atoms in total. The number of rotatable bonds is 9. The normalized spacial score (nSPS) is 13.7. The predicted octanol–water partition coefficient (Wildman–Crippen LogP) is 2.27. The maximum absolute atomic E-state index is 11.9. The zero-order valence-electron chi connectivity index (χ0n) is 13.5. The highest BCUT2D eigenvalue weighted by atomic mass is 16.5. The molecule has 0 aliphatic heterocycles. The van der Waals surface area contributed by atoms with Gasteiger partial charge in [0.2, 0.25) is 5.91 Å². The van der Waals surface area contributed by atoms with Crippen LogP contribution in [0.4, 0.5) is 0 Å². The summed E-state index contributed by atoms with van der Waals surface area (Å²) >= 11 is 0. The molecule has 0 aliphatic rings. The van der Waals surface area contributed by atoms with Gasteiger partial charge in [0, 0.05) is 13.6 Å². The molecule has 0 fully saturated rings. The Morgan fingerprint density at radius 3 is 2.37 bits per heavy atom. The first-order valence-electron chi connectivity index (χ1n) is 7.23. The zero-order chi connectivity index (χ0) is 15.1. The lowest BCUT2D eigenvalue weighted by atomic mass is 9.93. The minimum atomic E-state index is -0.0315. The van der Waals surface area contributed by atoms with Gasteiger partial charge in [0.15, 0.2) is 0 Å². The standard InChI is InChI=1S/C15H32N2O2/c1-12(2)9-13(3)19-8-7-14(18)17(6)11-15(4,5)10-16/h12-13H,7-11,16H2,1-6H3. The summed E-state index contributed by atoms with van der Waals surface area (Å²) in [5.74, 6) is 0.747. The number of nitrogens with two attached hydrogens (primary N) is 1. The molecule has 0 saturated heterocycles. The summed E-state index contributed by atoms with van der Waals surface area (Å²) in [4.78, 5) is 13.7. The van der Waals surface area contributed by atoms with Gasteiger partial charge in [-0.2, -0.15) is 0 Å². The van der Waals surface area contributed by atoms with Gasteiger partial charge >= 0.3 is 0 Å². The van der Waals surface area contributed by atoms with E-state index in [2.05, 4.69) is 34.6 Å². The van der Waals surface area contributed by atoms with E-state index in [1.807, 2.05) is 7.05 Å². The molecule has 1 atom stereocenters. The second kappa shape index (κ2) is 8.54.